The average Bonchev–Trinajstić information content (AvgIpc) is 2.35. The highest BCUT2D eigenvalue weighted by molar-refractivity contribution is 8.00. The summed E-state index contributed by atoms with van der Waals surface area (Å²) >= 11 is 0.948. The zero-order valence-electron chi connectivity index (χ0n) is 11.9. The number of amides is 3. The zero-order chi connectivity index (χ0) is 16.0. The van der Waals surface area contributed by atoms with Gasteiger partial charge in [0, 0.05) is 6.54 Å². The molecule has 3 amide bonds. The molecule has 0 radical (unpaired) electrons. The molecule has 0 spiro atoms. The number of urea groups is 1. The summed E-state index contributed by atoms with van der Waals surface area (Å²) in [5.41, 5.74) is 0.304. The van der Waals surface area contributed by atoms with E-state index in [1.165, 1.54) is 0 Å². The molecular formula is C12H16N4O4S. The van der Waals surface area contributed by atoms with E-state index in [0.29, 0.717) is 18.1 Å². The molecule has 1 rings (SSSR count). The van der Waals surface area contributed by atoms with Gasteiger partial charge >= 0.3 is 12.0 Å². The first-order valence-electron chi connectivity index (χ1n) is 6.14. The summed E-state index contributed by atoms with van der Waals surface area (Å²) in [7, 11) is 0. The molecule has 1 aromatic heterocycles. The quantitative estimate of drug-likeness (QED) is 0.541. The number of hydrogen-bond donors (Lipinski definition) is 3. The molecule has 0 fully saturated rings. The standard InChI is InChI=1S/C12H16N4O4S/c1-4-13-12(20)16-8(17)5-21-10-9(11(18)19)6(2)14-7(3)15-10/h4-5H2,1-3H3,(H,18,19)(H2,13,16,17,20). The SMILES string of the molecule is CCNC(=O)NC(=O)CSc1nc(C)nc(C)c1C(=O)O. The molecule has 0 aliphatic carbocycles. The van der Waals surface area contributed by atoms with Gasteiger partial charge in [-0.25, -0.2) is 19.6 Å². The first-order chi connectivity index (χ1) is 9.85. The Kier molecular flexibility index (Phi) is 6.10. The van der Waals surface area contributed by atoms with Gasteiger partial charge in [0.1, 0.15) is 16.4 Å². The normalized spacial score (nSPS) is 10.0. The lowest BCUT2D eigenvalue weighted by molar-refractivity contribution is -0.117. The van der Waals surface area contributed by atoms with Gasteiger partial charge in [0.2, 0.25) is 5.91 Å². The van der Waals surface area contributed by atoms with Crippen molar-refractivity contribution in [3.63, 3.8) is 0 Å². The van der Waals surface area contributed by atoms with E-state index in [0.717, 1.165) is 11.8 Å². The van der Waals surface area contributed by atoms with Crippen LogP contribution < -0.4 is 10.6 Å². The Labute approximate surface area is 125 Å². The third kappa shape index (κ3) is 5.03. The fourth-order valence-electron chi connectivity index (χ4n) is 1.53. The van der Waals surface area contributed by atoms with E-state index in [-0.39, 0.29) is 16.3 Å². The number of hydrogen-bond acceptors (Lipinski definition) is 6. The van der Waals surface area contributed by atoms with Crippen LogP contribution in [0.5, 0.6) is 0 Å². The summed E-state index contributed by atoms with van der Waals surface area (Å²) in [5, 5.41) is 13.9. The Hall–Kier alpha value is -2.16. The predicted octanol–water partition coefficient (Wildman–Crippen LogP) is 0.729. The van der Waals surface area contributed by atoms with Crippen LogP contribution >= 0.6 is 11.8 Å². The molecule has 0 saturated heterocycles. The van der Waals surface area contributed by atoms with Gasteiger partial charge in [-0.15, -0.1) is 0 Å². The van der Waals surface area contributed by atoms with Gasteiger partial charge in [-0.3, -0.25) is 10.1 Å². The van der Waals surface area contributed by atoms with Crippen LogP contribution in [-0.4, -0.2) is 45.3 Å². The molecule has 0 aromatic carbocycles. The van der Waals surface area contributed by atoms with Crippen molar-refractivity contribution in [3.8, 4) is 0 Å². The van der Waals surface area contributed by atoms with E-state index in [4.69, 9.17) is 5.11 Å². The van der Waals surface area contributed by atoms with E-state index in [9.17, 15) is 14.4 Å². The molecule has 0 atom stereocenters. The van der Waals surface area contributed by atoms with Crippen molar-refractivity contribution in [3.05, 3.63) is 17.1 Å². The average molecular weight is 312 g/mol. The molecule has 1 heterocycles. The monoisotopic (exact) mass is 312 g/mol. The van der Waals surface area contributed by atoms with Gasteiger partial charge in [0.05, 0.1) is 11.4 Å². The van der Waals surface area contributed by atoms with Crippen LogP contribution in [0.1, 0.15) is 28.8 Å². The first-order valence-corrected chi connectivity index (χ1v) is 7.12. The minimum Gasteiger partial charge on any atom is -0.478 e. The van der Waals surface area contributed by atoms with Crippen LogP contribution in [0.15, 0.2) is 5.03 Å². The molecule has 21 heavy (non-hydrogen) atoms. The molecule has 0 unspecified atom stereocenters. The minimum atomic E-state index is -1.15. The molecule has 114 valence electrons. The minimum absolute atomic E-state index is 0.0311. The fraction of sp³-hybridized carbons (Fsp3) is 0.417. The van der Waals surface area contributed by atoms with Crippen LogP contribution in [0.4, 0.5) is 4.79 Å². The molecule has 0 aliphatic heterocycles. The van der Waals surface area contributed by atoms with Crippen LogP contribution in [0.2, 0.25) is 0 Å². The Bertz CT molecular complexity index is 577. The van der Waals surface area contributed by atoms with Crippen molar-refractivity contribution in [2.75, 3.05) is 12.3 Å². The Morgan fingerprint density at radius 2 is 1.90 bits per heavy atom. The number of rotatable bonds is 5. The van der Waals surface area contributed by atoms with Gasteiger partial charge in [-0.1, -0.05) is 11.8 Å². The molecule has 9 heteroatoms. The highest BCUT2D eigenvalue weighted by Gasteiger charge is 2.18. The third-order valence-corrected chi connectivity index (χ3v) is 3.29. The van der Waals surface area contributed by atoms with Crippen LogP contribution in [0.25, 0.3) is 0 Å². The zero-order valence-corrected chi connectivity index (χ0v) is 12.7. The number of thioether (sulfide) groups is 1. The van der Waals surface area contributed by atoms with E-state index in [1.54, 1.807) is 20.8 Å². The van der Waals surface area contributed by atoms with E-state index < -0.39 is 17.9 Å². The predicted molar refractivity (Wildman–Crippen MR) is 76.4 cm³/mol. The lowest BCUT2D eigenvalue weighted by Gasteiger charge is -2.08. The van der Waals surface area contributed by atoms with Crippen LogP contribution in [0.3, 0.4) is 0 Å². The molecular weight excluding hydrogens is 296 g/mol. The van der Waals surface area contributed by atoms with Gasteiger partial charge in [-0.05, 0) is 20.8 Å². The van der Waals surface area contributed by atoms with Gasteiger partial charge in [-0.2, -0.15) is 0 Å². The topological polar surface area (TPSA) is 121 Å². The highest BCUT2D eigenvalue weighted by Crippen LogP contribution is 2.22. The van der Waals surface area contributed by atoms with E-state index in [1.807, 2.05) is 0 Å². The maximum Gasteiger partial charge on any atom is 0.340 e. The van der Waals surface area contributed by atoms with Gasteiger partial charge in [0.25, 0.3) is 0 Å². The van der Waals surface area contributed by atoms with Gasteiger partial charge < -0.3 is 10.4 Å². The van der Waals surface area contributed by atoms with Crippen LogP contribution in [-0.2, 0) is 4.79 Å². The lowest BCUT2D eigenvalue weighted by Crippen LogP contribution is -2.40. The summed E-state index contributed by atoms with van der Waals surface area (Å²) in [4.78, 5) is 42.0. The molecule has 0 bridgehead atoms. The maximum absolute atomic E-state index is 11.6. The van der Waals surface area contributed by atoms with E-state index >= 15 is 0 Å². The molecule has 8 nitrogen and oxygen atoms in total. The molecule has 3 N–H and O–H groups in total. The maximum atomic E-state index is 11.6. The number of imide groups is 1. The third-order valence-electron chi connectivity index (χ3n) is 2.31. The summed E-state index contributed by atoms with van der Waals surface area (Å²) in [6.07, 6.45) is 0. The van der Waals surface area contributed by atoms with Crippen molar-refractivity contribution in [1.29, 1.82) is 0 Å². The first kappa shape index (κ1) is 16.9. The number of carbonyl (C=O) groups excluding carboxylic acids is 2. The molecule has 0 aliphatic rings. The van der Waals surface area contributed by atoms with Crippen LogP contribution in [0, 0.1) is 13.8 Å². The number of carboxylic acid groups (broad SMARTS) is 1. The fourth-order valence-corrected chi connectivity index (χ4v) is 2.45. The van der Waals surface area contributed by atoms with Crippen molar-refractivity contribution in [1.82, 2.24) is 20.6 Å². The highest BCUT2D eigenvalue weighted by atomic mass is 32.2. The number of aryl methyl sites for hydroxylation is 2. The van der Waals surface area contributed by atoms with Crippen molar-refractivity contribution in [2.24, 2.45) is 0 Å². The van der Waals surface area contributed by atoms with E-state index in [2.05, 4.69) is 20.6 Å². The number of aromatic nitrogens is 2. The molecule has 0 saturated carbocycles. The summed E-state index contributed by atoms with van der Waals surface area (Å²) < 4.78 is 0. The number of carbonyl (C=O) groups is 3. The summed E-state index contributed by atoms with van der Waals surface area (Å²) in [6.45, 7) is 5.33. The van der Waals surface area contributed by atoms with Crippen molar-refractivity contribution >= 4 is 29.7 Å². The second-order valence-electron chi connectivity index (χ2n) is 4.04. The number of carboxylic acids is 1. The largest absolute Gasteiger partial charge is 0.478 e. The second-order valence-corrected chi connectivity index (χ2v) is 5.00. The molecule has 1 aromatic rings. The number of aromatic carboxylic acids is 1. The Morgan fingerprint density at radius 1 is 1.24 bits per heavy atom. The summed E-state index contributed by atoms with van der Waals surface area (Å²) in [5.74, 6) is -1.38. The second kappa shape index (κ2) is 7.58. The Morgan fingerprint density at radius 3 is 2.48 bits per heavy atom. The number of nitrogens with zero attached hydrogens (tertiary/aromatic N) is 2. The lowest BCUT2D eigenvalue weighted by atomic mass is 10.2. The summed E-state index contributed by atoms with van der Waals surface area (Å²) in [6, 6.07) is -0.586. The number of nitrogens with one attached hydrogen (secondary N) is 2. The van der Waals surface area contributed by atoms with Crippen molar-refractivity contribution < 1.29 is 19.5 Å². The van der Waals surface area contributed by atoms with Crippen molar-refractivity contribution in [2.45, 2.75) is 25.8 Å². The van der Waals surface area contributed by atoms with Gasteiger partial charge in [0.15, 0.2) is 0 Å². The Balaban J connectivity index is 2.77. The smallest absolute Gasteiger partial charge is 0.340 e.